The van der Waals surface area contributed by atoms with Crippen molar-refractivity contribution in [3.8, 4) is 0 Å². The number of anilines is 1. The zero-order chi connectivity index (χ0) is 10.0. The zero-order valence-electron chi connectivity index (χ0n) is 6.27. The van der Waals surface area contributed by atoms with Crippen LogP contribution >= 0.6 is 39.7 Å². The van der Waals surface area contributed by atoms with Crippen LogP contribution < -0.4 is 11.1 Å². The maximum Gasteiger partial charge on any atom is 0.168 e. The van der Waals surface area contributed by atoms with Crippen LogP contribution in [0.5, 0.6) is 0 Å². The average Bonchev–Trinajstić information content (AvgIpc) is 1.98. The highest BCUT2D eigenvalue weighted by molar-refractivity contribution is 9.10. The van der Waals surface area contributed by atoms with Gasteiger partial charge < -0.3 is 11.1 Å². The number of halogens is 3. The molecule has 0 unspecified atom stereocenters. The summed E-state index contributed by atoms with van der Waals surface area (Å²) in [6.07, 6.45) is 0. The van der Waals surface area contributed by atoms with Gasteiger partial charge in [-0.05, 0) is 40.3 Å². The monoisotopic (exact) mass is 282 g/mol. The van der Waals surface area contributed by atoms with Crippen molar-refractivity contribution in [3.63, 3.8) is 0 Å². The highest BCUT2D eigenvalue weighted by Crippen LogP contribution is 2.28. The standard InChI is InChI=1S/C7H5BrClFN2S/c8-6-4(9)1-3(2-5(6)10)12-7(11)13/h1-2H,(H3,11,12,13). The molecule has 0 saturated heterocycles. The minimum absolute atomic E-state index is 0.0674. The van der Waals surface area contributed by atoms with Gasteiger partial charge in [0.1, 0.15) is 5.82 Å². The topological polar surface area (TPSA) is 38.0 Å². The second-order valence-corrected chi connectivity index (χ2v) is 3.88. The third-order valence-electron chi connectivity index (χ3n) is 1.25. The number of nitrogens with two attached hydrogens (primary N) is 1. The third kappa shape index (κ3) is 2.79. The van der Waals surface area contributed by atoms with Crippen molar-refractivity contribution in [3.05, 3.63) is 27.4 Å². The van der Waals surface area contributed by atoms with E-state index in [-0.39, 0.29) is 14.6 Å². The minimum atomic E-state index is -0.466. The van der Waals surface area contributed by atoms with Crippen LogP contribution in [-0.4, -0.2) is 5.11 Å². The smallest absolute Gasteiger partial charge is 0.168 e. The maximum atomic E-state index is 13.0. The molecular weight excluding hydrogens is 279 g/mol. The summed E-state index contributed by atoms with van der Waals surface area (Å²) in [5.74, 6) is -0.466. The summed E-state index contributed by atoms with van der Waals surface area (Å²) in [5.41, 5.74) is 5.63. The molecular formula is C7H5BrClFN2S. The molecule has 2 nitrogen and oxygen atoms in total. The fourth-order valence-electron chi connectivity index (χ4n) is 0.770. The van der Waals surface area contributed by atoms with Gasteiger partial charge in [-0.1, -0.05) is 11.6 Å². The summed E-state index contributed by atoms with van der Waals surface area (Å²) < 4.78 is 13.3. The van der Waals surface area contributed by atoms with E-state index in [2.05, 4.69) is 33.5 Å². The molecule has 0 atom stereocenters. The molecule has 0 saturated carbocycles. The normalized spacial score (nSPS) is 9.77. The van der Waals surface area contributed by atoms with E-state index in [1.165, 1.54) is 12.1 Å². The number of thiocarbonyl (C=S) groups is 1. The molecule has 13 heavy (non-hydrogen) atoms. The highest BCUT2D eigenvalue weighted by Gasteiger charge is 2.06. The Hall–Kier alpha value is -0.390. The van der Waals surface area contributed by atoms with Crippen molar-refractivity contribution in [1.29, 1.82) is 0 Å². The molecule has 3 N–H and O–H groups in total. The molecule has 0 amide bonds. The van der Waals surface area contributed by atoms with Gasteiger partial charge in [0.05, 0.1) is 9.50 Å². The largest absolute Gasteiger partial charge is 0.376 e. The molecule has 0 fully saturated rings. The van der Waals surface area contributed by atoms with Gasteiger partial charge in [-0.2, -0.15) is 0 Å². The fourth-order valence-corrected chi connectivity index (χ4v) is 1.32. The number of benzene rings is 1. The number of hydrogen-bond acceptors (Lipinski definition) is 1. The lowest BCUT2D eigenvalue weighted by Crippen LogP contribution is -2.18. The second kappa shape index (κ2) is 4.21. The Morgan fingerprint density at radius 1 is 1.62 bits per heavy atom. The van der Waals surface area contributed by atoms with Crippen molar-refractivity contribution < 1.29 is 4.39 Å². The maximum absolute atomic E-state index is 13.0. The first-order chi connectivity index (χ1) is 6.00. The molecule has 0 aromatic heterocycles. The van der Waals surface area contributed by atoms with E-state index in [4.69, 9.17) is 17.3 Å². The van der Waals surface area contributed by atoms with Gasteiger partial charge in [-0.3, -0.25) is 0 Å². The molecule has 0 aliphatic heterocycles. The van der Waals surface area contributed by atoms with E-state index in [0.717, 1.165) is 0 Å². The lowest BCUT2D eigenvalue weighted by molar-refractivity contribution is 0.622. The quantitative estimate of drug-likeness (QED) is 0.615. The highest BCUT2D eigenvalue weighted by atomic mass is 79.9. The molecule has 0 aliphatic carbocycles. The van der Waals surface area contributed by atoms with Crippen molar-refractivity contribution in [2.24, 2.45) is 5.73 Å². The first-order valence-corrected chi connectivity index (χ1v) is 4.79. The van der Waals surface area contributed by atoms with Crippen LogP contribution in [0.3, 0.4) is 0 Å². The van der Waals surface area contributed by atoms with Crippen LogP contribution in [-0.2, 0) is 0 Å². The predicted octanol–water partition coefficient (Wildman–Crippen LogP) is 2.90. The van der Waals surface area contributed by atoms with Gasteiger partial charge in [-0.25, -0.2) is 4.39 Å². The summed E-state index contributed by atoms with van der Waals surface area (Å²) in [4.78, 5) is 0. The number of rotatable bonds is 1. The Morgan fingerprint density at radius 2 is 2.23 bits per heavy atom. The minimum Gasteiger partial charge on any atom is -0.376 e. The molecule has 0 spiro atoms. The van der Waals surface area contributed by atoms with Gasteiger partial charge in [0.2, 0.25) is 0 Å². The van der Waals surface area contributed by atoms with Gasteiger partial charge in [0.25, 0.3) is 0 Å². The van der Waals surface area contributed by atoms with Gasteiger partial charge in [0.15, 0.2) is 5.11 Å². The Bertz CT molecular complexity index is 335. The Labute approximate surface area is 93.4 Å². The third-order valence-corrected chi connectivity index (χ3v) is 2.69. The molecule has 0 bridgehead atoms. The zero-order valence-corrected chi connectivity index (χ0v) is 9.43. The number of hydrogen-bond donors (Lipinski definition) is 2. The Morgan fingerprint density at radius 3 is 2.69 bits per heavy atom. The lowest BCUT2D eigenvalue weighted by Gasteiger charge is -2.05. The van der Waals surface area contributed by atoms with Gasteiger partial charge in [-0.15, -0.1) is 0 Å². The van der Waals surface area contributed by atoms with Crippen LogP contribution in [0.15, 0.2) is 16.6 Å². The average molecular weight is 284 g/mol. The van der Waals surface area contributed by atoms with E-state index in [0.29, 0.717) is 5.69 Å². The Kier molecular flexibility index (Phi) is 3.47. The lowest BCUT2D eigenvalue weighted by atomic mass is 10.3. The molecule has 0 aliphatic rings. The predicted molar refractivity (Wildman–Crippen MR) is 59.5 cm³/mol. The molecule has 1 aromatic carbocycles. The van der Waals surface area contributed by atoms with Crippen molar-refractivity contribution in [2.75, 3.05) is 5.32 Å². The van der Waals surface area contributed by atoms with Gasteiger partial charge in [0, 0.05) is 5.69 Å². The van der Waals surface area contributed by atoms with Crippen LogP contribution in [0.1, 0.15) is 0 Å². The summed E-state index contributed by atoms with van der Waals surface area (Å²) >= 11 is 13.3. The van der Waals surface area contributed by atoms with E-state index in [9.17, 15) is 4.39 Å². The fraction of sp³-hybridized carbons (Fsp3) is 0. The van der Waals surface area contributed by atoms with E-state index < -0.39 is 5.82 Å². The van der Waals surface area contributed by atoms with Crippen molar-refractivity contribution in [2.45, 2.75) is 0 Å². The summed E-state index contributed by atoms with van der Waals surface area (Å²) in [5, 5.41) is 2.91. The summed E-state index contributed by atoms with van der Waals surface area (Å²) in [6.45, 7) is 0. The van der Waals surface area contributed by atoms with E-state index >= 15 is 0 Å². The van der Waals surface area contributed by atoms with Crippen LogP contribution in [0.25, 0.3) is 0 Å². The molecule has 6 heteroatoms. The molecule has 0 heterocycles. The molecule has 1 aromatic rings. The molecule has 0 radical (unpaired) electrons. The van der Waals surface area contributed by atoms with Gasteiger partial charge >= 0.3 is 0 Å². The first-order valence-electron chi connectivity index (χ1n) is 3.21. The summed E-state index contributed by atoms with van der Waals surface area (Å²) in [6, 6.07) is 2.77. The molecule has 70 valence electrons. The van der Waals surface area contributed by atoms with E-state index in [1.54, 1.807) is 0 Å². The van der Waals surface area contributed by atoms with Crippen LogP contribution in [0.4, 0.5) is 10.1 Å². The second-order valence-electron chi connectivity index (χ2n) is 2.24. The van der Waals surface area contributed by atoms with Crippen molar-refractivity contribution >= 4 is 50.5 Å². The summed E-state index contributed by atoms with van der Waals surface area (Å²) in [7, 11) is 0. The van der Waals surface area contributed by atoms with Crippen LogP contribution in [0, 0.1) is 5.82 Å². The number of nitrogens with one attached hydrogen (secondary N) is 1. The SMILES string of the molecule is NC(=S)Nc1cc(F)c(Br)c(Cl)c1. The molecule has 1 rings (SSSR count). The van der Waals surface area contributed by atoms with E-state index in [1.807, 2.05) is 0 Å². The van der Waals surface area contributed by atoms with Crippen LogP contribution in [0.2, 0.25) is 5.02 Å². The van der Waals surface area contributed by atoms with Crippen molar-refractivity contribution in [1.82, 2.24) is 0 Å². The Balaban J connectivity index is 3.06. The first kappa shape index (κ1) is 10.7.